The number of fused-ring (bicyclic) bond motifs is 1. The van der Waals surface area contributed by atoms with Gasteiger partial charge in [-0.15, -0.1) is 11.3 Å². The van der Waals surface area contributed by atoms with Crippen molar-refractivity contribution in [2.24, 2.45) is 0 Å². The number of hydrogen-bond donors (Lipinski definition) is 1. The van der Waals surface area contributed by atoms with Crippen LogP contribution in [0.5, 0.6) is 0 Å². The van der Waals surface area contributed by atoms with Crippen LogP contribution in [-0.4, -0.2) is 19.9 Å². The summed E-state index contributed by atoms with van der Waals surface area (Å²) >= 11 is 1.63. The number of aryl methyl sites for hydroxylation is 2. The Labute approximate surface area is 165 Å². The highest BCUT2D eigenvalue weighted by Crippen LogP contribution is 2.35. The van der Waals surface area contributed by atoms with E-state index in [4.69, 9.17) is 9.97 Å². The summed E-state index contributed by atoms with van der Waals surface area (Å²) < 4.78 is 0. The fraction of sp³-hybridized carbons (Fsp3) is 0.150. The number of hydrogen-bond acceptors (Lipinski definition) is 7. The minimum Gasteiger partial charge on any atom is -0.365 e. The number of nitro groups is 1. The minimum atomic E-state index is -0.390. The maximum absolute atomic E-state index is 11.0. The number of nitrogens with one attached hydrogen (secondary N) is 1. The highest BCUT2D eigenvalue weighted by molar-refractivity contribution is 7.18. The van der Waals surface area contributed by atoms with E-state index in [1.54, 1.807) is 35.9 Å². The van der Waals surface area contributed by atoms with Gasteiger partial charge in [-0.3, -0.25) is 15.1 Å². The summed E-state index contributed by atoms with van der Waals surface area (Å²) in [5.41, 5.74) is 2.87. The smallest absolute Gasteiger partial charge is 0.269 e. The van der Waals surface area contributed by atoms with E-state index in [0.29, 0.717) is 12.4 Å². The Morgan fingerprint density at radius 3 is 2.79 bits per heavy atom. The van der Waals surface area contributed by atoms with E-state index < -0.39 is 0 Å². The zero-order valence-corrected chi connectivity index (χ0v) is 16.2. The molecule has 0 aliphatic heterocycles. The van der Waals surface area contributed by atoms with Crippen LogP contribution < -0.4 is 5.32 Å². The van der Waals surface area contributed by atoms with Gasteiger partial charge in [0.15, 0.2) is 5.82 Å². The molecule has 7 nitrogen and oxygen atoms in total. The maximum atomic E-state index is 11.0. The van der Waals surface area contributed by atoms with Crippen LogP contribution >= 0.6 is 11.3 Å². The van der Waals surface area contributed by atoms with Gasteiger partial charge in [0.2, 0.25) is 0 Å². The molecular weight excluding hydrogens is 374 g/mol. The molecule has 8 heteroatoms. The van der Waals surface area contributed by atoms with Gasteiger partial charge in [-0.05, 0) is 37.1 Å². The predicted octanol–water partition coefficient (Wildman–Crippen LogP) is 4.89. The zero-order chi connectivity index (χ0) is 19.7. The van der Waals surface area contributed by atoms with E-state index in [1.807, 2.05) is 18.2 Å². The summed E-state index contributed by atoms with van der Waals surface area (Å²) in [6.45, 7) is 4.55. The molecule has 1 N–H and O–H groups in total. The van der Waals surface area contributed by atoms with Crippen molar-refractivity contribution in [2.45, 2.75) is 20.4 Å². The Bertz CT molecular complexity index is 1170. The lowest BCUT2D eigenvalue weighted by molar-refractivity contribution is -0.384. The van der Waals surface area contributed by atoms with Crippen LogP contribution in [0.15, 0.2) is 48.8 Å². The third kappa shape index (κ3) is 3.41. The van der Waals surface area contributed by atoms with Crippen LogP contribution in [-0.2, 0) is 6.54 Å². The third-order valence-corrected chi connectivity index (χ3v) is 5.63. The minimum absolute atomic E-state index is 0.0748. The fourth-order valence-electron chi connectivity index (χ4n) is 2.97. The first-order chi connectivity index (χ1) is 13.5. The van der Waals surface area contributed by atoms with Crippen molar-refractivity contribution < 1.29 is 4.92 Å². The summed E-state index contributed by atoms with van der Waals surface area (Å²) in [4.78, 5) is 26.3. The van der Waals surface area contributed by atoms with E-state index in [0.717, 1.165) is 32.7 Å². The SMILES string of the molecule is Cc1sc2nc(-c3cccnc3)nc(NCc3cccc([N+](=O)[O-])c3)c2c1C. The van der Waals surface area contributed by atoms with Crippen LogP contribution in [0.3, 0.4) is 0 Å². The molecular formula is C20H17N5O2S. The van der Waals surface area contributed by atoms with Crippen LogP contribution in [0.25, 0.3) is 21.6 Å². The van der Waals surface area contributed by atoms with Crippen LogP contribution in [0.1, 0.15) is 16.0 Å². The number of thiophene rings is 1. The van der Waals surface area contributed by atoms with Gasteiger partial charge in [0.1, 0.15) is 10.6 Å². The van der Waals surface area contributed by atoms with Crippen molar-refractivity contribution >= 4 is 33.1 Å². The van der Waals surface area contributed by atoms with Gasteiger partial charge in [0.25, 0.3) is 5.69 Å². The van der Waals surface area contributed by atoms with Gasteiger partial charge >= 0.3 is 0 Å². The largest absolute Gasteiger partial charge is 0.365 e. The number of pyridine rings is 1. The summed E-state index contributed by atoms with van der Waals surface area (Å²) in [7, 11) is 0. The molecule has 4 aromatic rings. The molecule has 3 heterocycles. The number of aromatic nitrogens is 3. The lowest BCUT2D eigenvalue weighted by atomic mass is 10.1. The molecule has 4 rings (SSSR count). The summed E-state index contributed by atoms with van der Waals surface area (Å²) in [6, 6.07) is 10.4. The molecule has 0 radical (unpaired) electrons. The van der Waals surface area contributed by atoms with Gasteiger partial charge in [-0.2, -0.15) is 0 Å². The van der Waals surface area contributed by atoms with Crippen molar-refractivity contribution in [3.63, 3.8) is 0 Å². The number of nitrogens with zero attached hydrogens (tertiary/aromatic N) is 4. The van der Waals surface area contributed by atoms with Crippen LogP contribution in [0.4, 0.5) is 11.5 Å². The van der Waals surface area contributed by atoms with Crippen molar-refractivity contribution in [3.05, 3.63) is 74.9 Å². The van der Waals surface area contributed by atoms with Crippen molar-refractivity contribution in [1.82, 2.24) is 15.0 Å². The number of anilines is 1. The maximum Gasteiger partial charge on any atom is 0.269 e. The fourth-order valence-corrected chi connectivity index (χ4v) is 4.00. The Kier molecular flexibility index (Phi) is 4.70. The standard InChI is InChI=1S/C20H17N5O2S/c1-12-13(2)28-20-17(12)19(23-18(24-20)15-6-4-8-21-11-15)22-10-14-5-3-7-16(9-14)25(26)27/h3-9,11H,10H2,1-2H3,(H,22,23,24). The van der Waals surface area contributed by atoms with Gasteiger partial charge in [0.05, 0.1) is 10.3 Å². The molecule has 0 spiro atoms. The summed E-state index contributed by atoms with van der Waals surface area (Å²) in [6.07, 6.45) is 3.45. The molecule has 0 atom stereocenters. The third-order valence-electron chi connectivity index (χ3n) is 4.53. The summed E-state index contributed by atoms with van der Waals surface area (Å²) in [5.74, 6) is 1.32. The Morgan fingerprint density at radius 1 is 1.18 bits per heavy atom. The molecule has 1 aromatic carbocycles. The molecule has 0 saturated heterocycles. The van der Waals surface area contributed by atoms with Gasteiger partial charge in [-0.1, -0.05) is 12.1 Å². The first-order valence-electron chi connectivity index (χ1n) is 8.68. The first-order valence-corrected chi connectivity index (χ1v) is 9.50. The van der Waals surface area contributed by atoms with Crippen LogP contribution in [0.2, 0.25) is 0 Å². The van der Waals surface area contributed by atoms with Crippen molar-refractivity contribution in [2.75, 3.05) is 5.32 Å². The second kappa shape index (κ2) is 7.32. The van der Waals surface area contributed by atoms with Crippen LogP contribution in [0, 0.1) is 24.0 Å². The number of non-ortho nitro benzene ring substituents is 1. The lowest BCUT2D eigenvalue weighted by Crippen LogP contribution is -2.04. The second-order valence-corrected chi connectivity index (χ2v) is 7.58. The van der Waals surface area contributed by atoms with Gasteiger partial charge in [0, 0.05) is 41.5 Å². The number of nitro benzene ring substituents is 1. The first kappa shape index (κ1) is 18.0. The molecule has 140 valence electrons. The average Bonchev–Trinajstić information content (AvgIpc) is 3.01. The summed E-state index contributed by atoms with van der Waals surface area (Å²) in [5, 5.41) is 15.3. The topological polar surface area (TPSA) is 93.8 Å². The van der Waals surface area contributed by atoms with Crippen molar-refractivity contribution in [1.29, 1.82) is 0 Å². The van der Waals surface area contributed by atoms with Crippen molar-refractivity contribution in [3.8, 4) is 11.4 Å². The van der Waals surface area contributed by atoms with E-state index in [1.165, 1.54) is 10.9 Å². The van der Waals surface area contributed by atoms with Gasteiger partial charge < -0.3 is 5.32 Å². The van der Waals surface area contributed by atoms with E-state index >= 15 is 0 Å². The lowest BCUT2D eigenvalue weighted by Gasteiger charge is -2.10. The van der Waals surface area contributed by atoms with E-state index in [2.05, 4.69) is 24.1 Å². The Hall–Kier alpha value is -3.39. The average molecular weight is 391 g/mol. The number of benzene rings is 1. The molecule has 28 heavy (non-hydrogen) atoms. The molecule has 0 unspecified atom stereocenters. The molecule has 0 amide bonds. The van der Waals surface area contributed by atoms with E-state index in [9.17, 15) is 10.1 Å². The predicted molar refractivity (Wildman–Crippen MR) is 111 cm³/mol. The van der Waals surface area contributed by atoms with E-state index in [-0.39, 0.29) is 10.6 Å². The normalized spacial score (nSPS) is 10.9. The molecule has 0 bridgehead atoms. The monoisotopic (exact) mass is 391 g/mol. The highest BCUT2D eigenvalue weighted by atomic mass is 32.1. The highest BCUT2D eigenvalue weighted by Gasteiger charge is 2.16. The quantitative estimate of drug-likeness (QED) is 0.384. The zero-order valence-electron chi connectivity index (χ0n) is 15.3. The molecule has 0 saturated carbocycles. The molecule has 0 aliphatic rings. The second-order valence-electron chi connectivity index (χ2n) is 6.38. The molecule has 0 fully saturated rings. The molecule has 0 aliphatic carbocycles. The number of rotatable bonds is 5. The van der Waals surface area contributed by atoms with Gasteiger partial charge in [-0.25, -0.2) is 9.97 Å². The Balaban J connectivity index is 1.74. The Morgan fingerprint density at radius 2 is 2.04 bits per heavy atom. The molecule has 3 aromatic heterocycles.